The number of rotatable bonds is 4. The molecule has 0 N–H and O–H groups in total. The maximum atomic E-state index is 12.6. The van der Waals surface area contributed by atoms with Crippen LogP contribution in [0.5, 0.6) is 0 Å². The van der Waals surface area contributed by atoms with Crippen molar-refractivity contribution in [1.82, 2.24) is 9.80 Å². The molecule has 0 atom stereocenters. The molecule has 2 aliphatic heterocycles. The Balaban J connectivity index is 1.80. The Hall–Kier alpha value is -2.06. The quantitative estimate of drug-likeness (QED) is 0.668. The highest BCUT2D eigenvalue weighted by molar-refractivity contribution is 6.62. The summed E-state index contributed by atoms with van der Waals surface area (Å²) in [4.78, 5) is 28.2. The molecule has 2 fully saturated rings. The number of hydrogen-bond donors (Lipinski definition) is 0. The summed E-state index contributed by atoms with van der Waals surface area (Å²) in [6, 6.07) is 5.72. The summed E-state index contributed by atoms with van der Waals surface area (Å²) in [6.45, 7) is 15.0. The third kappa shape index (κ3) is 5.12. The summed E-state index contributed by atoms with van der Waals surface area (Å²) >= 11 is 0. The lowest BCUT2D eigenvalue weighted by molar-refractivity contribution is -0.000869. The molecule has 0 radical (unpaired) electrons. The molecule has 0 bridgehead atoms. The molecule has 2 saturated heterocycles. The summed E-state index contributed by atoms with van der Waals surface area (Å²) in [7, 11) is 2.99. The van der Waals surface area contributed by atoms with E-state index in [0.29, 0.717) is 18.7 Å². The van der Waals surface area contributed by atoms with Crippen molar-refractivity contribution in [3.05, 3.63) is 29.3 Å². The van der Waals surface area contributed by atoms with Crippen LogP contribution in [-0.2, 0) is 20.5 Å². The van der Waals surface area contributed by atoms with Gasteiger partial charge in [-0.3, -0.25) is 4.79 Å². The lowest BCUT2D eigenvalue weighted by Crippen LogP contribution is -2.52. The van der Waals surface area contributed by atoms with E-state index in [9.17, 15) is 9.59 Å². The first-order chi connectivity index (χ1) is 14.6. The zero-order valence-corrected chi connectivity index (χ0v) is 20.9. The molecule has 0 spiro atoms. The number of amides is 2. The predicted octanol–water partition coefficient (Wildman–Crippen LogP) is 3.10. The van der Waals surface area contributed by atoms with Gasteiger partial charge in [-0.1, -0.05) is 6.07 Å². The summed E-state index contributed by atoms with van der Waals surface area (Å²) in [5, 5.41) is 0. The molecule has 3 rings (SSSR count). The van der Waals surface area contributed by atoms with E-state index >= 15 is 0 Å². The largest absolute Gasteiger partial charge is 0.495 e. The number of carbonyl (C=O) groups excluding carboxylic acids is 2. The van der Waals surface area contributed by atoms with Crippen molar-refractivity contribution in [3.63, 3.8) is 0 Å². The molecule has 7 nitrogen and oxygen atoms in total. The first kappa shape index (κ1) is 24.6. The molecular formula is C24H37BN2O5. The van der Waals surface area contributed by atoms with Crippen LogP contribution in [0.4, 0.5) is 4.79 Å². The fraction of sp³-hybridized carbons (Fsp3) is 0.667. The van der Waals surface area contributed by atoms with Crippen LogP contribution in [0.3, 0.4) is 0 Å². The number of hydrogen-bond acceptors (Lipinski definition) is 5. The Bertz CT molecular complexity index is 869. The molecule has 1 aromatic carbocycles. The van der Waals surface area contributed by atoms with Gasteiger partial charge in [0.25, 0.3) is 5.91 Å². The Morgan fingerprint density at radius 3 is 2.19 bits per heavy atom. The monoisotopic (exact) mass is 444 g/mol. The van der Waals surface area contributed by atoms with E-state index in [1.54, 1.807) is 23.9 Å². The molecular weight excluding hydrogens is 407 g/mol. The van der Waals surface area contributed by atoms with E-state index in [4.69, 9.17) is 14.0 Å². The molecule has 0 saturated carbocycles. The van der Waals surface area contributed by atoms with Crippen molar-refractivity contribution in [2.45, 2.75) is 71.7 Å². The highest BCUT2D eigenvalue weighted by Crippen LogP contribution is 2.37. The van der Waals surface area contributed by atoms with Gasteiger partial charge in [0.1, 0.15) is 5.60 Å². The first-order valence-corrected chi connectivity index (χ1v) is 11.3. The summed E-state index contributed by atoms with van der Waals surface area (Å²) in [5.41, 5.74) is 1.19. The maximum Gasteiger partial charge on any atom is 0.495 e. The van der Waals surface area contributed by atoms with E-state index in [1.165, 1.54) is 0 Å². The zero-order valence-electron chi connectivity index (χ0n) is 20.9. The van der Waals surface area contributed by atoms with Crippen LogP contribution in [0.2, 0.25) is 0 Å². The van der Waals surface area contributed by atoms with Crippen LogP contribution in [-0.4, -0.2) is 72.9 Å². The zero-order chi connectivity index (χ0) is 24.1. The van der Waals surface area contributed by atoms with Gasteiger partial charge in [0.2, 0.25) is 0 Å². The second kappa shape index (κ2) is 8.38. The van der Waals surface area contributed by atoms with Gasteiger partial charge in [0.05, 0.1) is 11.2 Å². The van der Waals surface area contributed by atoms with Gasteiger partial charge in [-0.05, 0) is 84.0 Å². The highest BCUT2D eigenvalue weighted by Gasteiger charge is 2.52. The van der Waals surface area contributed by atoms with Gasteiger partial charge >= 0.3 is 13.2 Å². The van der Waals surface area contributed by atoms with Crippen molar-refractivity contribution >= 4 is 24.6 Å². The number of ether oxygens (including phenoxy) is 1. The van der Waals surface area contributed by atoms with Gasteiger partial charge in [0, 0.05) is 32.7 Å². The molecule has 1 aromatic rings. The maximum absolute atomic E-state index is 12.6. The van der Waals surface area contributed by atoms with E-state index in [2.05, 4.69) is 0 Å². The Kier molecular flexibility index (Phi) is 6.44. The van der Waals surface area contributed by atoms with Crippen molar-refractivity contribution in [3.8, 4) is 0 Å². The number of likely N-dealkylation sites (tertiary alicyclic amines) is 1. The van der Waals surface area contributed by atoms with Gasteiger partial charge < -0.3 is 23.8 Å². The second-order valence-electron chi connectivity index (χ2n) is 11.2. The number of carbonyl (C=O) groups is 2. The van der Waals surface area contributed by atoms with Crippen LogP contribution in [0, 0.1) is 5.92 Å². The molecule has 0 unspecified atom stereocenters. The molecule has 2 aliphatic rings. The molecule has 0 aromatic heterocycles. The molecule has 32 heavy (non-hydrogen) atoms. The van der Waals surface area contributed by atoms with Crippen LogP contribution in [0.25, 0.3) is 0 Å². The predicted molar refractivity (Wildman–Crippen MR) is 125 cm³/mol. The lowest BCUT2D eigenvalue weighted by Gasteiger charge is -2.40. The van der Waals surface area contributed by atoms with Gasteiger partial charge in [-0.2, -0.15) is 0 Å². The third-order valence-corrected chi connectivity index (χ3v) is 6.42. The normalized spacial score (nSPS) is 20.2. The van der Waals surface area contributed by atoms with Crippen LogP contribution in [0.1, 0.15) is 64.4 Å². The molecule has 8 heteroatoms. The number of nitrogens with zero attached hydrogens (tertiary/aromatic N) is 2. The topological polar surface area (TPSA) is 68.3 Å². The SMILES string of the molecule is CN(C)C(=O)c1ccc(B2OC(C)(C)C(C)(C)O2)c(CC2CN(C(=O)OC(C)(C)C)C2)c1. The molecule has 176 valence electrons. The van der Waals surface area contributed by atoms with Crippen molar-refractivity contribution in [2.24, 2.45) is 5.92 Å². The summed E-state index contributed by atoms with van der Waals surface area (Å²) in [6.07, 6.45) is 0.448. The highest BCUT2D eigenvalue weighted by atomic mass is 16.7. The van der Waals surface area contributed by atoms with Crippen LogP contribution < -0.4 is 5.46 Å². The first-order valence-electron chi connectivity index (χ1n) is 11.3. The minimum atomic E-state index is -0.507. The van der Waals surface area contributed by atoms with E-state index in [0.717, 1.165) is 17.4 Å². The van der Waals surface area contributed by atoms with Crippen LogP contribution >= 0.6 is 0 Å². The molecule has 2 amide bonds. The second-order valence-corrected chi connectivity index (χ2v) is 11.2. The van der Waals surface area contributed by atoms with E-state index in [-0.39, 0.29) is 17.9 Å². The smallest absolute Gasteiger partial charge is 0.444 e. The third-order valence-electron chi connectivity index (χ3n) is 6.42. The lowest BCUT2D eigenvalue weighted by atomic mass is 9.73. The average Bonchev–Trinajstić information content (AvgIpc) is 2.82. The van der Waals surface area contributed by atoms with Gasteiger partial charge in [-0.25, -0.2) is 4.79 Å². The minimum absolute atomic E-state index is 0.0456. The fourth-order valence-electron chi connectivity index (χ4n) is 3.86. The van der Waals surface area contributed by atoms with Crippen LogP contribution in [0.15, 0.2) is 18.2 Å². The van der Waals surface area contributed by atoms with Crippen molar-refractivity contribution in [2.75, 3.05) is 27.2 Å². The Morgan fingerprint density at radius 2 is 1.69 bits per heavy atom. The van der Waals surface area contributed by atoms with E-state index in [1.807, 2.05) is 66.7 Å². The van der Waals surface area contributed by atoms with E-state index < -0.39 is 23.9 Å². The average molecular weight is 444 g/mol. The van der Waals surface area contributed by atoms with Crippen molar-refractivity contribution < 1.29 is 23.6 Å². The fourth-order valence-corrected chi connectivity index (χ4v) is 3.86. The Labute approximate surface area is 192 Å². The Morgan fingerprint density at radius 1 is 1.12 bits per heavy atom. The standard InChI is InChI=1S/C24H37BN2O5/c1-22(2,3)30-21(29)27-14-16(15-27)12-18-13-17(20(28)26(8)9)10-11-19(18)25-31-23(4,5)24(6,7)32-25/h10-11,13,16H,12,14-15H2,1-9H3. The molecule has 0 aliphatic carbocycles. The summed E-state index contributed by atoms with van der Waals surface area (Å²) < 4.78 is 18.0. The van der Waals surface area contributed by atoms with Gasteiger partial charge in [-0.15, -0.1) is 0 Å². The molecule has 2 heterocycles. The summed E-state index contributed by atoms with van der Waals surface area (Å²) in [5.74, 6) is 0.240. The van der Waals surface area contributed by atoms with Crippen molar-refractivity contribution in [1.29, 1.82) is 0 Å². The van der Waals surface area contributed by atoms with Gasteiger partial charge in [0.15, 0.2) is 0 Å². The minimum Gasteiger partial charge on any atom is -0.444 e. The number of benzene rings is 1.